The Labute approximate surface area is 145 Å². The number of hydrogen-bond acceptors (Lipinski definition) is 5. The van der Waals surface area contributed by atoms with Gasteiger partial charge in [0.2, 0.25) is 10.0 Å². The van der Waals surface area contributed by atoms with Crippen LogP contribution in [-0.4, -0.2) is 71.2 Å². The average molecular weight is 356 g/mol. The van der Waals surface area contributed by atoms with E-state index in [0.29, 0.717) is 18.8 Å². The fraction of sp³-hybridized carbons (Fsp3) is 0.647. The normalized spacial score (nSPS) is 17.2. The smallest absolute Gasteiger partial charge is 0.246 e. The van der Waals surface area contributed by atoms with Gasteiger partial charge < -0.3 is 14.4 Å². The van der Waals surface area contributed by atoms with Crippen molar-refractivity contribution in [2.24, 2.45) is 0 Å². The average Bonchev–Trinajstić information content (AvgIpc) is 2.57. The maximum Gasteiger partial charge on any atom is 0.246 e. The molecule has 136 valence electrons. The summed E-state index contributed by atoms with van der Waals surface area (Å²) in [5.74, 6) is 0.417. The Kier molecular flexibility index (Phi) is 6.62. The fourth-order valence-corrected chi connectivity index (χ4v) is 4.53. The summed E-state index contributed by atoms with van der Waals surface area (Å²) < 4.78 is 38.0. The summed E-state index contributed by atoms with van der Waals surface area (Å²) in [5, 5.41) is 0. The number of piperazine rings is 1. The Morgan fingerprint density at radius 2 is 1.67 bits per heavy atom. The van der Waals surface area contributed by atoms with Crippen molar-refractivity contribution in [3.8, 4) is 5.75 Å². The molecule has 0 aromatic heterocycles. The minimum atomic E-state index is -3.54. The van der Waals surface area contributed by atoms with E-state index in [1.807, 2.05) is 13.8 Å². The van der Waals surface area contributed by atoms with Crippen LogP contribution >= 0.6 is 0 Å². The third-order valence-corrected chi connectivity index (χ3v) is 6.47. The molecule has 1 heterocycles. The summed E-state index contributed by atoms with van der Waals surface area (Å²) in [5.41, 5.74) is 1.97. The van der Waals surface area contributed by atoms with E-state index in [4.69, 9.17) is 9.47 Å². The van der Waals surface area contributed by atoms with Crippen molar-refractivity contribution in [2.45, 2.75) is 25.2 Å². The van der Waals surface area contributed by atoms with Gasteiger partial charge in [-0.2, -0.15) is 4.31 Å². The van der Waals surface area contributed by atoms with Crippen LogP contribution in [0, 0.1) is 13.8 Å². The van der Waals surface area contributed by atoms with Crippen molar-refractivity contribution >= 4 is 10.0 Å². The van der Waals surface area contributed by atoms with E-state index >= 15 is 0 Å². The van der Waals surface area contributed by atoms with Gasteiger partial charge in [0.15, 0.2) is 0 Å². The summed E-state index contributed by atoms with van der Waals surface area (Å²) in [6.07, 6.45) is 0.966. The molecular formula is C17H28N2O4S. The van der Waals surface area contributed by atoms with E-state index in [1.165, 1.54) is 7.11 Å². The highest BCUT2D eigenvalue weighted by Gasteiger charge is 2.31. The predicted molar refractivity (Wildman–Crippen MR) is 94.2 cm³/mol. The second kappa shape index (κ2) is 8.29. The number of rotatable bonds is 7. The van der Waals surface area contributed by atoms with Crippen molar-refractivity contribution < 1.29 is 17.9 Å². The Hall–Kier alpha value is -1.15. The molecule has 1 aromatic carbocycles. The van der Waals surface area contributed by atoms with E-state index in [-0.39, 0.29) is 4.90 Å². The molecule has 7 heteroatoms. The van der Waals surface area contributed by atoms with Crippen LogP contribution in [0.4, 0.5) is 0 Å². The molecule has 0 spiro atoms. The Bertz CT molecular complexity index is 653. The van der Waals surface area contributed by atoms with Crippen molar-refractivity contribution in [3.05, 3.63) is 23.3 Å². The molecule has 2 rings (SSSR count). The largest absolute Gasteiger partial charge is 0.495 e. The van der Waals surface area contributed by atoms with Crippen LogP contribution < -0.4 is 4.74 Å². The summed E-state index contributed by atoms with van der Waals surface area (Å²) in [4.78, 5) is 2.55. The molecular weight excluding hydrogens is 328 g/mol. The highest BCUT2D eigenvalue weighted by Crippen LogP contribution is 2.30. The van der Waals surface area contributed by atoms with Crippen LogP contribution in [0.1, 0.15) is 17.5 Å². The second-order valence-electron chi connectivity index (χ2n) is 6.18. The molecule has 1 aliphatic heterocycles. The first-order valence-corrected chi connectivity index (χ1v) is 9.71. The molecule has 0 atom stereocenters. The van der Waals surface area contributed by atoms with Crippen LogP contribution in [0.2, 0.25) is 0 Å². The molecule has 0 bridgehead atoms. The molecule has 0 aliphatic carbocycles. The van der Waals surface area contributed by atoms with Crippen molar-refractivity contribution in [2.75, 3.05) is 53.6 Å². The monoisotopic (exact) mass is 356 g/mol. The first-order valence-electron chi connectivity index (χ1n) is 8.27. The standard InChI is InChI=1S/C17H28N2O4S/c1-14-12-16(23-4)17(13-15(14)2)24(20,21)19-9-7-18(8-10-19)6-5-11-22-3/h12-13H,5-11H2,1-4H3. The summed E-state index contributed by atoms with van der Waals surface area (Å²) in [6.45, 7) is 8.05. The van der Waals surface area contributed by atoms with E-state index in [0.717, 1.165) is 43.8 Å². The van der Waals surface area contributed by atoms with Gasteiger partial charge in [-0.3, -0.25) is 0 Å². The highest BCUT2D eigenvalue weighted by molar-refractivity contribution is 7.89. The zero-order chi connectivity index (χ0) is 17.7. The van der Waals surface area contributed by atoms with Crippen LogP contribution in [-0.2, 0) is 14.8 Å². The molecule has 1 aliphatic rings. The van der Waals surface area contributed by atoms with Crippen molar-refractivity contribution in [1.29, 1.82) is 0 Å². The SMILES string of the molecule is COCCCN1CCN(S(=O)(=O)c2cc(C)c(C)cc2OC)CC1. The van der Waals surface area contributed by atoms with E-state index < -0.39 is 10.0 Å². The molecule has 0 unspecified atom stereocenters. The van der Waals surface area contributed by atoms with Crippen molar-refractivity contribution in [1.82, 2.24) is 9.21 Å². The van der Waals surface area contributed by atoms with Gasteiger partial charge in [0.25, 0.3) is 0 Å². The minimum Gasteiger partial charge on any atom is -0.495 e. The van der Waals surface area contributed by atoms with Gasteiger partial charge in [-0.25, -0.2) is 8.42 Å². The van der Waals surface area contributed by atoms with Crippen LogP contribution in [0.15, 0.2) is 17.0 Å². The lowest BCUT2D eigenvalue weighted by Crippen LogP contribution is -2.48. The minimum absolute atomic E-state index is 0.265. The fourth-order valence-electron chi connectivity index (χ4n) is 2.89. The number of nitrogens with zero attached hydrogens (tertiary/aromatic N) is 2. The van der Waals surface area contributed by atoms with Crippen LogP contribution in [0.3, 0.4) is 0 Å². The molecule has 0 radical (unpaired) electrons. The molecule has 0 saturated carbocycles. The number of ether oxygens (including phenoxy) is 2. The highest BCUT2D eigenvalue weighted by atomic mass is 32.2. The molecule has 24 heavy (non-hydrogen) atoms. The van der Waals surface area contributed by atoms with Crippen LogP contribution in [0.5, 0.6) is 5.75 Å². The van der Waals surface area contributed by atoms with Gasteiger partial charge in [-0.05, 0) is 43.5 Å². The maximum absolute atomic E-state index is 13.0. The first kappa shape index (κ1) is 19.2. The van der Waals surface area contributed by atoms with Gasteiger partial charge in [-0.1, -0.05) is 0 Å². The van der Waals surface area contributed by atoms with Gasteiger partial charge in [0.05, 0.1) is 7.11 Å². The first-order chi connectivity index (χ1) is 11.4. The van der Waals surface area contributed by atoms with Crippen LogP contribution in [0.25, 0.3) is 0 Å². The van der Waals surface area contributed by atoms with Gasteiger partial charge in [0.1, 0.15) is 10.6 Å². The molecule has 0 N–H and O–H groups in total. The maximum atomic E-state index is 13.0. The lowest BCUT2D eigenvalue weighted by molar-refractivity contribution is 0.149. The Balaban J connectivity index is 2.11. The lowest BCUT2D eigenvalue weighted by Gasteiger charge is -2.34. The van der Waals surface area contributed by atoms with E-state index in [2.05, 4.69) is 4.90 Å². The lowest BCUT2D eigenvalue weighted by atomic mass is 10.1. The molecule has 1 saturated heterocycles. The predicted octanol–water partition coefficient (Wildman–Crippen LogP) is 1.65. The van der Waals surface area contributed by atoms with Crippen molar-refractivity contribution in [3.63, 3.8) is 0 Å². The summed E-state index contributed by atoms with van der Waals surface area (Å²) in [7, 11) is -0.329. The summed E-state index contributed by atoms with van der Waals surface area (Å²) >= 11 is 0. The van der Waals surface area contributed by atoms with E-state index in [1.54, 1.807) is 23.5 Å². The zero-order valence-electron chi connectivity index (χ0n) is 15.0. The zero-order valence-corrected chi connectivity index (χ0v) is 15.9. The summed E-state index contributed by atoms with van der Waals surface area (Å²) in [6, 6.07) is 3.51. The molecule has 1 fully saturated rings. The third-order valence-electron chi connectivity index (χ3n) is 4.55. The third kappa shape index (κ3) is 4.27. The van der Waals surface area contributed by atoms with Gasteiger partial charge in [-0.15, -0.1) is 0 Å². The Morgan fingerprint density at radius 3 is 2.25 bits per heavy atom. The number of aryl methyl sites for hydroxylation is 2. The number of sulfonamides is 1. The van der Waals surface area contributed by atoms with Gasteiger partial charge >= 0.3 is 0 Å². The van der Waals surface area contributed by atoms with Gasteiger partial charge in [0, 0.05) is 46.4 Å². The number of hydrogen-bond donors (Lipinski definition) is 0. The second-order valence-corrected chi connectivity index (χ2v) is 8.09. The quantitative estimate of drug-likeness (QED) is 0.696. The number of benzene rings is 1. The Morgan fingerprint density at radius 1 is 1.04 bits per heavy atom. The molecule has 1 aromatic rings. The number of methoxy groups -OCH3 is 2. The molecule has 6 nitrogen and oxygen atoms in total. The molecule has 0 amide bonds. The topological polar surface area (TPSA) is 59.1 Å². The van der Waals surface area contributed by atoms with E-state index in [9.17, 15) is 8.42 Å².